The van der Waals surface area contributed by atoms with E-state index in [1.807, 2.05) is 42.3 Å². The third-order valence-corrected chi connectivity index (χ3v) is 4.11. The summed E-state index contributed by atoms with van der Waals surface area (Å²) in [5, 5.41) is 9.42. The summed E-state index contributed by atoms with van der Waals surface area (Å²) >= 11 is 12.0. The minimum absolute atomic E-state index is 0.423. The maximum atomic E-state index is 6.15. The lowest BCUT2D eigenvalue weighted by molar-refractivity contribution is 0.220. The minimum atomic E-state index is 0.423. The number of ether oxygens (including phenoxy) is 1. The summed E-state index contributed by atoms with van der Waals surface area (Å²) < 4.78 is 11.4. The van der Waals surface area contributed by atoms with Gasteiger partial charge in [0, 0.05) is 11.6 Å². The quantitative estimate of drug-likeness (QED) is 0.604. The molecule has 0 N–H and O–H groups in total. The first kappa shape index (κ1) is 17.7. The van der Waals surface area contributed by atoms with E-state index in [0.717, 1.165) is 11.3 Å². The van der Waals surface area contributed by atoms with Crippen LogP contribution in [-0.4, -0.2) is 35.3 Å². The first-order valence-electron chi connectivity index (χ1n) is 7.76. The standard InChI is InChI=1S/C18H17Cl2N3O2/c1-23(10-11-24-14-8-6-13(19)7-9-14)12-17-21-22-18(25-17)15-4-2-3-5-16(15)20/h2-9H,10-12H2,1H3. The van der Waals surface area contributed by atoms with Gasteiger partial charge in [0.1, 0.15) is 12.4 Å². The number of benzene rings is 2. The van der Waals surface area contributed by atoms with Crippen LogP contribution in [0.5, 0.6) is 5.75 Å². The normalized spacial score (nSPS) is 11.0. The van der Waals surface area contributed by atoms with E-state index in [9.17, 15) is 0 Å². The monoisotopic (exact) mass is 377 g/mol. The number of hydrogen-bond donors (Lipinski definition) is 0. The number of halogens is 2. The molecule has 0 aliphatic carbocycles. The number of nitrogens with zero attached hydrogens (tertiary/aromatic N) is 3. The Morgan fingerprint density at radius 2 is 1.80 bits per heavy atom. The molecule has 0 unspecified atom stereocenters. The number of rotatable bonds is 7. The summed E-state index contributed by atoms with van der Waals surface area (Å²) in [5.74, 6) is 1.74. The fourth-order valence-corrected chi connectivity index (χ4v) is 2.56. The SMILES string of the molecule is CN(CCOc1ccc(Cl)cc1)Cc1nnc(-c2ccccc2Cl)o1. The molecule has 0 spiro atoms. The summed E-state index contributed by atoms with van der Waals surface area (Å²) in [7, 11) is 1.96. The molecule has 0 amide bonds. The molecule has 0 aliphatic rings. The van der Waals surface area contributed by atoms with Crippen LogP contribution in [0.4, 0.5) is 0 Å². The Morgan fingerprint density at radius 3 is 2.56 bits per heavy atom. The maximum Gasteiger partial charge on any atom is 0.249 e. The van der Waals surface area contributed by atoms with Gasteiger partial charge in [-0.3, -0.25) is 4.90 Å². The molecular formula is C18H17Cl2N3O2. The zero-order valence-corrected chi connectivity index (χ0v) is 15.2. The molecule has 0 radical (unpaired) electrons. The van der Waals surface area contributed by atoms with Crippen molar-refractivity contribution in [3.05, 3.63) is 64.5 Å². The van der Waals surface area contributed by atoms with Crippen molar-refractivity contribution in [2.45, 2.75) is 6.54 Å². The molecule has 0 fully saturated rings. The predicted molar refractivity (Wildman–Crippen MR) is 98.0 cm³/mol. The van der Waals surface area contributed by atoms with E-state index in [1.54, 1.807) is 18.2 Å². The van der Waals surface area contributed by atoms with Gasteiger partial charge in [-0.1, -0.05) is 35.3 Å². The van der Waals surface area contributed by atoms with Gasteiger partial charge in [0.2, 0.25) is 11.8 Å². The summed E-state index contributed by atoms with van der Waals surface area (Å²) in [6, 6.07) is 14.7. The lowest BCUT2D eigenvalue weighted by Gasteiger charge is -2.14. The molecular weight excluding hydrogens is 361 g/mol. The highest BCUT2D eigenvalue weighted by molar-refractivity contribution is 6.33. The summed E-state index contributed by atoms with van der Waals surface area (Å²) in [4.78, 5) is 2.04. The molecule has 25 heavy (non-hydrogen) atoms. The van der Waals surface area contributed by atoms with Gasteiger partial charge in [-0.15, -0.1) is 10.2 Å². The molecule has 0 saturated carbocycles. The summed E-state index contributed by atoms with van der Waals surface area (Å²) in [6.07, 6.45) is 0. The third kappa shape index (κ3) is 4.95. The van der Waals surface area contributed by atoms with Crippen molar-refractivity contribution in [3.8, 4) is 17.2 Å². The summed E-state index contributed by atoms with van der Waals surface area (Å²) in [6.45, 7) is 1.79. The van der Waals surface area contributed by atoms with E-state index in [2.05, 4.69) is 10.2 Å². The van der Waals surface area contributed by atoms with Gasteiger partial charge in [0.25, 0.3) is 0 Å². The van der Waals surface area contributed by atoms with Crippen molar-refractivity contribution in [1.29, 1.82) is 0 Å². The average molecular weight is 378 g/mol. The highest BCUT2D eigenvalue weighted by Crippen LogP contribution is 2.26. The molecule has 1 heterocycles. The van der Waals surface area contributed by atoms with Crippen LogP contribution in [0, 0.1) is 0 Å². The Kier molecular flexibility index (Phi) is 5.91. The Hall–Kier alpha value is -2.08. The van der Waals surface area contributed by atoms with Gasteiger partial charge >= 0.3 is 0 Å². The van der Waals surface area contributed by atoms with E-state index >= 15 is 0 Å². The van der Waals surface area contributed by atoms with Crippen molar-refractivity contribution in [2.75, 3.05) is 20.2 Å². The second-order valence-electron chi connectivity index (χ2n) is 5.52. The van der Waals surface area contributed by atoms with Crippen LogP contribution < -0.4 is 4.74 Å². The Labute approximate surface area is 156 Å². The smallest absolute Gasteiger partial charge is 0.249 e. The lowest BCUT2D eigenvalue weighted by Crippen LogP contribution is -2.24. The zero-order valence-electron chi connectivity index (χ0n) is 13.7. The second-order valence-corrected chi connectivity index (χ2v) is 6.36. The fraction of sp³-hybridized carbons (Fsp3) is 0.222. The van der Waals surface area contributed by atoms with Crippen LogP contribution in [0.2, 0.25) is 10.0 Å². The fourth-order valence-electron chi connectivity index (χ4n) is 2.22. The molecule has 1 aromatic heterocycles. The number of hydrogen-bond acceptors (Lipinski definition) is 5. The number of aromatic nitrogens is 2. The van der Waals surface area contributed by atoms with Gasteiger partial charge < -0.3 is 9.15 Å². The molecule has 0 aliphatic heterocycles. The average Bonchev–Trinajstić information content (AvgIpc) is 3.05. The molecule has 130 valence electrons. The van der Waals surface area contributed by atoms with Crippen molar-refractivity contribution < 1.29 is 9.15 Å². The van der Waals surface area contributed by atoms with Crippen molar-refractivity contribution in [2.24, 2.45) is 0 Å². The molecule has 0 bridgehead atoms. The van der Waals surface area contributed by atoms with Gasteiger partial charge in [-0.05, 0) is 43.4 Å². The molecule has 3 aromatic rings. The predicted octanol–water partition coefficient (Wildman–Crippen LogP) is 4.55. The topological polar surface area (TPSA) is 51.4 Å². The Bertz CT molecular complexity index is 821. The minimum Gasteiger partial charge on any atom is -0.492 e. The molecule has 5 nitrogen and oxygen atoms in total. The van der Waals surface area contributed by atoms with Crippen LogP contribution in [0.3, 0.4) is 0 Å². The van der Waals surface area contributed by atoms with Gasteiger partial charge in [0.05, 0.1) is 17.1 Å². The Morgan fingerprint density at radius 1 is 1.04 bits per heavy atom. The molecule has 0 saturated heterocycles. The zero-order chi connectivity index (χ0) is 17.6. The van der Waals surface area contributed by atoms with Crippen molar-refractivity contribution in [3.63, 3.8) is 0 Å². The van der Waals surface area contributed by atoms with Gasteiger partial charge in [0.15, 0.2) is 0 Å². The first-order chi connectivity index (χ1) is 12.1. The molecule has 7 heteroatoms. The maximum absolute atomic E-state index is 6.15. The highest BCUT2D eigenvalue weighted by atomic mass is 35.5. The van der Waals surface area contributed by atoms with Gasteiger partial charge in [-0.25, -0.2) is 0 Å². The van der Waals surface area contributed by atoms with E-state index in [4.69, 9.17) is 32.4 Å². The lowest BCUT2D eigenvalue weighted by atomic mass is 10.2. The van der Waals surface area contributed by atoms with Gasteiger partial charge in [-0.2, -0.15) is 0 Å². The molecule has 0 atom stereocenters. The number of likely N-dealkylation sites (N-methyl/N-ethyl adjacent to an activating group) is 1. The van der Waals surface area contributed by atoms with Crippen LogP contribution >= 0.6 is 23.2 Å². The second kappa shape index (κ2) is 8.34. The van der Waals surface area contributed by atoms with Crippen LogP contribution in [0.15, 0.2) is 52.9 Å². The van der Waals surface area contributed by atoms with E-state index in [-0.39, 0.29) is 0 Å². The van der Waals surface area contributed by atoms with Crippen molar-refractivity contribution in [1.82, 2.24) is 15.1 Å². The summed E-state index contributed by atoms with van der Waals surface area (Å²) in [5.41, 5.74) is 0.733. The largest absolute Gasteiger partial charge is 0.492 e. The van der Waals surface area contributed by atoms with Crippen LogP contribution in [0.25, 0.3) is 11.5 Å². The van der Waals surface area contributed by atoms with Crippen LogP contribution in [-0.2, 0) is 6.54 Å². The van der Waals surface area contributed by atoms with Crippen molar-refractivity contribution >= 4 is 23.2 Å². The molecule has 2 aromatic carbocycles. The van der Waals surface area contributed by atoms with E-state index in [0.29, 0.717) is 41.5 Å². The molecule has 3 rings (SSSR count). The first-order valence-corrected chi connectivity index (χ1v) is 8.51. The third-order valence-electron chi connectivity index (χ3n) is 3.53. The van der Waals surface area contributed by atoms with Crippen LogP contribution in [0.1, 0.15) is 5.89 Å². The Balaban J connectivity index is 1.51. The highest BCUT2D eigenvalue weighted by Gasteiger charge is 2.12. The van der Waals surface area contributed by atoms with E-state index < -0.39 is 0 Å². The van der Waals surface area contributed by atoms with E-state index in [1.165, 1.54) is 0 Å².